The molecule has 26 heavy (non-hydrogen) atoms. The molecule has 0 saturated carbocycles. The van der Waals surface area contributed by atoms with E-state index < -0.39 is 47.6 Å². The fraction of sp³-hybridized carbons (Fsp3) is 0.222. The van der Waals surface area contributed by atoms with Gasteiger partial charge in [-0.3, -0.25) is 9.59 Å². The van der Waals surface area contributed by atoms with Crippen molar-refractivity contribution in [1.82, 2.24) is 5.32 Å². The number of benzene rings is 2. The van der Waals surface area contributed by atoms with Crippen molar-refractivity contribution in [2.75, 3.05) is 11.9 Å². The molecule has 0 fully saturated rings. The van der Waals surface area contributed by atoms with Crippen LogP contribution < -0.4 is 15.4 Å². The summed E-state index contributed by atoms with van der Waals surface area (Å²) < 4.78 is 44.9. The Morgan fingerprint density at radius 1 is 1.12 bits per heavy atom. The molecule has 0 aliphatic carbocycles. The van der Waals surface area contributed by atoms with Gasteiger partial charge in [-0.2, -0.15) is 0 Å². The molecule has 0 bridgehead atoms. The van der Waals surface area contributed by atoms with Gasteiger partial charge in [0.1, 0.15) is 5.75 Å². The van der Waals surface area contributed by atoms with Gasteiger partial charge >= 0.3 is 0 Å². The number of ether oxygens (including phenoxy) is 1. The van der Waals surface area contributed by atoms with Gasteiger partial charge in [-0.05, 0) is 43.7 Å². The Labute approximate surface area is 148 Å². The van der Waals surface area contributed by atoms with Gasteiger partial charge in [-0.25, -0.2) is 13.2 Å². The summed E-state index contributed by atoms with van der Waals surface area (Å²) in [6.45, 7) is 2.89. The summed E-state index contributed by atoms with van der Waals surface area (Å²) in [6, 6.07) is 8.66. The Kier molecular flexibility index (Phi) is 6.21. The number of anilines is 1. The fourth-order valence-electron chi connectivity index (χ4n) is 2.07. The van der Waals surface area contributed by atoms with E-state index in [-0.39, 0.29) is 0 Å². The zero-order valence-corrected chi connectivity index (χ0v) is 14.1. The molecule has 1 unspecified atom stereocenters. The number of aryl methyl sites for hydroxylation is 1. The number of carbonyl (C=O) groups excluding carboxylic acids is 2. The second-order valence-electron chi connectivity index (χ2n) is 5.57. The third-order valence-corrected chi connectivity index (χ3v) is 3.40. The van der Waals surface area contributed by atoms with Gasteiger partial charge in [0.2, 0.25) is 5.91 Å². The van der Waals surface area contributed by atoms with Crippen molar-refractivity contribution in [3.05, 3.63) is 59.4 Å². The summed E-state index contributed by atoms with van der Waals surface area (Å²) in [4.78, 5) is 23.7. The highest BCUT2D eigenvalue weighted by atomic mass is 19.2. The van der Waals surface area contributed by atoms with E-state index in [4.69, 9.17) is 4.74 Å². The number of hydrogen-bond donors (Lipinski definition) is 2. The molecule has 0 heterocycles. The van der Waals surface area contributed by atoms with Crippen LogP contribution >= 0.6 is 0 Å². The Morgan fingerprint density at radius 3 is 2.54 bits per heavy atom. The summed E-state index contributed by atoms with van der Waals surface area (Å²) in [6.07, 6.45) is -0.871. The second kappa shape index (κ2) is 8.37. The summed E-state index contributed by atoms with van der Waals surface area (Å²) in [7, 11) is 0. The van der Waals surface area contributed by atoms with Crippen LogP contribution in [0.3, 0.4) is 0 Å². The van der Waals surface area contributed by atoms with Crippen LogP contribution in [0.15, 0.2) is 36.4 Å². The predicted molar refractivity (Wildman–Crippen MR) is 89.2 cm³/mol. The zero-order valence-electron chi connectivity index (χ0n) is 14.1. The van der Waals surface area contributed by atoms with Crippen molar-refractivity contribution in [2.45, 2.75) is 20.0 Å². The molecular formula is C18H17F3N2O3. The van der Waals surface area contributed by atoms with E-state index in [1.165, 1.54) is 6.92 Å². The minimum Gasteiger partial charge on any atom is -0.481 e. The Morgan fingerprint density at radius 2 is 1.85 bits per heavy atom. The summed E-state index contributed by atoms with van der Waals surface area (Å²) >= 11 is 0. The van der Waals surface area contributed by atoms with E-state index >= 15 is 0 Å². The van der Waals surface area contributed by atoms with E-state index in [9.17, 15) is 22.8 Å². The molecule has 2 aromatic carbocycles. The van der Waals surface area contributed by atoms with Crippen molar-refractivity contribution in [3.8, 4) is 5.75 Å². The molecule has 0 saturated heterocycles. The normalized spacial score (nSPS) is 11.6. The lowest BCUT2D eigenvalue weighted by Gasteiger charge is -2.15. The molecule has 2 N–H and O–H groups in total. The van der Waals surface area contributed by atoms with Crippen LogP contribution in [0.2, 0.25) is 0 Å². The number of hydrogen-bond acceptors (Lipinski definition) is 3. The Balaban J connectivity index is 1.86. The average Bonchev–Trinajstić information content (AvgIpc) is 2.60. The van der Waals surface area contributed by atoms with E-state index in [1.54, 1.807) is 18.2 Å². The average molecular weight is 366 g/mol. The van der Waals surface area contributed by atoms with Gasteiger partial charge in [-0.1, -0.05) is 12.1 Å². The summed E-state index contributed by atoms with van der Waals surface area (Å²) in [5.41, 5.74) is 0.440. The first kappa shape index (κ1) is 19.3. The Hall–Kier alpha value is -3.03. The molecule has 0 radical (unpaired) electrons. The molecule has 2 rings (SSSR count). The molecule has 0 aromatic heterocycles. The third-order valence-electron chi connectivity index (χ3n) is 3.40. The van der Waals surface area contributed by atoms with Crippen LogP contribution in [0.25, 0.3) is 0 Å². The van der Waals surface area contributed by atoms with Gasteiger partial charge in [0.25, 0.3) is 5.91 Å². The lowest BCUT2D eigenvalue weighted by atomic mass is 10.2. The molecule has 2 amide bonds. The molecule has 0 aliphatic heterocycles. The van der Waals surface area contributed by atoms with Crippen molar-refractivity contribution >= 4 is 17.5 Å². The highest BCUT2D eigenvalue weighted by Crippen LogP contribution is 2.19. The highest BCUT2D eigenvalue weighted by molar-refractivity contribution is 5.95. The molecule has 1 atom stereocenters. The van der Waals surface area contributed by atoms with E-state index in [2.05, 4.69) is 10.6 Å². The first-order chi connectivity index (χ1) is 12.3. The minimum atomic E-state index is -1.69. The second-order valence-corrected chi connectivity index (χ2v) is 5.57. The first-order valence-corrected chi connectivity index (χ1v) is 7.72. The largest absolute Gasteiger partial charge is 0.481 e. The van der Waals surface area contributed by atoms with Crippen LogP contribution in [0.1, 0.15) is 12.5 Å². The molecule has 138 valence electrons. The van der Waals surface area contributed by atoms with Gasteiger partial charge < -0.3 is 15.4 Å². The number of nitrogens with one attached hydrogen (secondary N) is 2. The van der Waals surface area contributed by atoms with Gasteiger partial charge in [0.05, 0.1) is 12.2 Å². The maximum atomic E-state index is 13.5. The van der Waals surface area contributed by atoms with Crippen LogP contribution in [0.5, 0.6) is 5.75 Å². The number of rotatable bonds is 6. The molecule has 2 aromatic rings. The fourth-order valence-corrected chi connectivity index (χ4v) is 2.07. The van der Waals surface area contributed by atoms with Crippen LogP contribution in [0.4, 0.5) is 18.9 Å². The topological polar surface area (TPSA) is 67.4 Å². The first-order valence-electron chi connectivity index (χ1n) is 7.72. The van der Waals surface area contributed by atoms with Gasteiger partial charge in [0.15, 0.2) is 23.6 Å². The lowest BCUT2D eigenvalue weighted by Crippen LogP contribution is -2.40. The van der Waals surface area contributed by atoms with Crippen molar-refractivity contribution < 1.29 is 27.5 Å². The van der Waals surface area contributed by atoms with Crippen molar-refractivity contribution in [2.24, 2.45) is 0 Å². The summed E-state index contributed by atoms with van der Waals surface area (Å²) in [5.74, 6) is -5.43. The van der Waals surface area contributed by atoms with Crippen molar-refractivity contribution in [3.63, 3.8) is 0 Å². The Bertz CT molecular complexity index is 827. The van der Waals surface area contributed by atoms with Crippen molar-refractivity contribution in [1.29, 1.82) is 0 Å². The third kappa shape index (κ3) is 4.98. The smallest absolute Gasteiger partial charge is 0.261 e. The quantitative estimate of drug-likeness (QED) is 0.773. The number of amides is 2. The van der Waals surface area contributed by atoms with Gasteiger partial charge in [0, 0.05) is 0 Å². The van der Waals surface area contributed by atoms with E-state index in [1.807, 2.05) is 13.0 Å². The molecule has 0 spiro atoms. The van der Waals surface area contributed by atoms with E-state index in [0.29, 0.717) is 11.8 Å². The maximum Gasteiger partial charge on any atom is 0.261 e. The SMILES string of the molecule is Cc1cccc(OC(C)C(=O)NCC(=O)Nc2ccc(F)c(F)c2F)c1. The number of carbonyl (C=O) groups is 2. The summed E-state index contributed by atoms with van der Waals surface area (Å²) in [5, 5.41) is 4.37. The molecular weight excluding hydrogens is 349 g/mol. The minimum absolute atomic E-state index is 0.487. The molecule has 0 aliphatic rings. The highest BCUT2D eigenvalue weighted by Gasteiger charge is 2.18. The van der Waals surface area contributed by atoms with Gasteiger partial charge in [-0.15, -0.1) is 0 Å². The lowest BCUT2D eigenvalue weighted by molar-refractivity contribution is -0.129. The number of halogens is 3. The maximum absolute atomic E-state index is 13.5. The zero-order chi connectivity index (χ0) is 19.3. The monoisotopic (exact) mass is 366 g/mol. The van der Waals surface area contributed by atoms with Crippen LogP contribution in [-0.2, 0) is 9.59 Å². The van der Waals surface area contributed by atoms with Crippen LogP contribution in [0, 0.1) is 24.4 Å². The van der Waals surface area contributed by atoms with Crippen LogP contribution in [-0.4, -0.2) is 24.5 Å². The molecule has 5 nitrogen and oxygen atoms in total. The van der Waals surface area contributed by atoms with E-state index in [0.717, 1.165) is 11.6 Å². The standard InChI is InChI=1S/C18H17F3N2O3/c1-10-4-3-5-12(8-10)26-11(2)18(25)22-9-15(24)23-14-7-6-13(19)16(20)17(14)21/h3-8,11H,9H2,1-2H3,(H,22,25)(H,23,24). The predicted octanol–water partition coefficient (Wildman–Crippen LogP) is 2.93. The molecule has 8 heteroatoms.